The summed E-state index contributed by atoms with van der Waals surface area (Å²) in [5.41, 5.74) is 0. The molecule has 0 aromatic heterocycles. The predicted octanol–water partition coefficient (Wildman–Crippen LogP) is 3.03. The molecule has 96 valence electrons. The average molecular weight is 226 g/mol. The SMILES string of the molecule is CCCCN(CC)C1CCC(NCCC)C1. The van der Waals surface area contributed by atoms with Crippen molar-refractivity contribution in [1.29, 1.82) is 0 Å². The van der Waals surface area contributed by atoms with E-state index >= 15 is 0 Å². The van der Waals surface area contributed by atoms with Crippen LogP contribution >= 0.6 is 0 Å². The zero-order valence-corrected chi connectivity index (χ0v) is 11.5. The Morgan fingerprint density at radius 3 is 2.56 bits per heavy atom. The molecule has 2 atom stereocenters. The fourth-order valence-electron chi connectivity index (χ4n) is 2.78. The third kappa shape index (κ3) is 4.42. The van der Waals surface area contributed by atoms with Gasteiger partial charge in [0.2, 0.25) is 0 Å². The fraction of sp³-hybridized carbons (Fsp3) is 1.00. The molecule has 1 N–H and O–H groups in total. The highest BCUT2D eigenvalue weighted by Crippen LogP contribution is 2.24. The van der Waals surface area contributed by atoms with Gasteiger partial charge in [0, 0.05) is 12.1 Å². The second kappa shape index (κ2) is 8.08. The van der Waals surface area contributed by atoms with Crippen molar-refractivity contribution in [2.45, 2.75) is 71.4 Å². The van der Waals surface area contributed by atoms with Crippen molar-refractivity contribution >= 4 is 0 Å². The van der Waals surface area contributed by atoms with Gasteiger partial charge in [-0.05, 0) is 51.7 Å². The molecule has 16 heavy (non-hydrogen) atoms. The number of nitrogens with zero attached hydrogens (tertiary/aromatic N) is 1. The molecule has 1 aliphatic rings. The molecule has 0 spiro atoms. The standard InChI is InChI=1S/C14H30N2/c1-4-7-11-16(6-3)14-9-8-13(12-14)15-10-5-2/h13-15H,4-12H2,1-3H3. The first-order valence-corrected chi connectivity index (χ1v) is 7.29. The van der Waals surface area contributed by atoms with Crippen molar-refractivity contribution in [2.24, 2.45) is 0 Å². The molecule has 0 bridgehead atoms. The Bertz CT molecular complexity index is 170. The third-order valence-electron chi connectivity index (χ3n) is 3.81. The van der Waals surface area contributed by atoms with Crippen LogP contribution in [0.15, 0.2) is 0 Å². The molecule has 0 radical (unpaired) electrons. The summed E-state index contributed by atoms with van der Waals surface area (Å²) in [4.78, 5) is 2.69. The molecule has 0 amide bonds. The molecule has 2 unspecified atom stereocenters. The average Bonchev–Trinajstić information content (AvgIpc) is 2.76. The Balaban J connectivity index is 2.26. The van der Waals surface area contributed by atoms with Crippen LogP contribution in [-0.4, -0.2) is 36.6 Å². The van der Waals surface area contributed by atoms with Crippen LogP contribution in [0.3, 0.4) is 0 Å². The van der Waals surface area contributed by atoms with Gasteiger partial charge in [0.15, 0.2) is 0 Å². The zero-order valence-electron chi connectivity index (χ0n) is 11.5. The highest BCUT2D eigenvalue weighted by Gasteiger charge is 2.27. The topological polar surface area (TPSA) is 15.3 Å². The monoisotopic (exact) mass is 226 g/mol. The van der Waals surface area contributed by atoms with E-state index in [1.807, 2.05) is 0 Å². The summed E-state index contributed by atoms with van der Waals surface area (Å²) in [6, 6.07) is 1.64. The maximum absolute atomic E-state index is 3.67. The highest BCUT2D eigenvalue weighted by molar-refractivity contribution is 4.86. The Kier molecular flexibility index (Phi) is 7.06. The van der Waals surface area contributed by atoms with E-state index in [-0.39, 0.29) is 0 Å². The van der Waals surface area contributed by atoms with E-state index < -0.39 is 0 Å². The molecule has 2 heteroatoms. The van der Waals surface area contributed by atoms with Gasteiger partial charge in [0.05, 0.1) is 0 Å². The van der Waals surface area contributed by atoms with Crippen LogP contribution in [0.1, 0.15) is 59.3 Å². The first-order valence-electron chi connectivity index (χ1n) is 7.29. The minimum Gasteiger partial charge on any atom is -0.314 e. The molecule has 0 aromatic rings. The molecule has 1 rings (SSSR count). The lowest BCUT2D eigenvalue weighted by molar-refractivity contribution is 0.203. The van der Waals surface area contributed by atoms with Gasteiger partial charge in [-0.25, -0.2) is 0 Å². The number of nitrogens with one attached hydrogen (secondary N) is 1. The molecule has 1 saturated carbocycles. The van der Waals surface area contributed by atoms with Gasteiger partial charge >= 0.3 is 0 Å². The molecule has 0 heterocycles. The maximum Gasteiger partial charge on any atom is 0.0110 e. The van der Waals surface area contributed by atoms with Crippen molar-refractivity contribution in [2.75, 3.05) is 19.6 Å². The lowest BCUT2D eigenvalue weighted by Crippen LogP contribution is -2.36. The number of hydrogen-bond acceptors (Lipinski definition) is 2. The first kappa shape index (κ1) is 14.0. The van der Waals surface area contributed by atoms with E-state index in [4.69, 9.17) is 0 Å². The van der Waals surface area contributed by atoms with E-state index in [2.05, 4.69) is 31.0 Å². The quantitative estimate of drug-likeness (QED) is 0.684. The van der Waals surface area contributed by atoms with Gasteiger partial charge in [0.1, 0.15) is 0 Å². The predicted molar refractivity (Wildman–Crippen MR) is 71.9 cm³/mol. The summed E-state index contributed by atoms with van der Waals surface area (Å²) in [6.45, 7) is 10.6. The van der Waals surface area contributed by atoms with Crippen LogP contribution in [0.2, 0.25) is 0 Å². The molecule has 1 fully saturated rings. The Labute approximate surface area is 102 Å². The van der Waals surface area contributed by atoms with Gasteiger partial charge < -0.3 is 10.2 Å². The van der Waals surface area contributed by atoms with Gasteiger partial charge in [-0.3, -0.25) is 0 Å². The van der Waals surface area contributed by atoms with Crippen LogP contribution < -0.4 is 5.32 Å². The molecule has 1 aliphatic carbocycles. The van der Waals surface area contributed by atoms with Crippen LogP contribution in [0.5, 0.6) is 0 Å². The summed E-state index contributed by atoms with van der Waals surface area (Å²) >= 11 is 0. The second-order valence-electron chi connectivity index (χ2n) is 5.10. The number of hydrogen-bond donors (Lipinski definition) is 1. The van der Waals surface area contributed by atoms with E-state index in [9.17, 15) is 0 Å². The van der Waals surface area contributed by atoms with Crippen LogP contribution in [0.25, 0.3) is 0 Å². The van der Waals surface area contributed by atoms with Crippen LogP contribution in [0, 0.1) is 0 Å². The van der Waals surface area contributed by atoms with Crippen LogP contribution in [-0.2, 0) is 0 Å². The number of unbranched alkanes of at least 4 members (excludes halogenated alkanes) is 1. The highest BCUT2D eigenvalue weighted by atomic mass is 15.2. The molecule has 0 aromatic carbocycles. The van der Waals surface area contributed by atoms with Gasteiger partial charge in [-0.2, -0.15) is 0 Å². The van der Waals surface area contributed by atoms with Crippen molar-refractivity contribution in [3.8, 4) is 0 Å². The second-order valence-corrected chi connectivity index (χ2v) is 5.10. The summed E-state index contributed by atoms with van der Waals surface area (Å²) in [6.07, 6.45) is 8.09. The lowest BCUT2D eigenvalue weighted by atomic mass is 10.2. The summed E-state index contributed by atoms with van der Waals surface area (Å²) in [7, 11) is 0. The first-order chi connectivity index (χ1) is 7.81. The molecule has 0 saturated heterocycles. The Hall–Kier alpha value is -0.0800. The number of rotatable bonds is 8. The zero-order chi connectivity index (χ0) is 11.8. The lowest BCUT2D eigenvalue weighted by Gasteiger charge is -2.27. The van der Waals surface area contributed by atoms with Gasteiger partial charge in [0.25, 0.3) is 0 Å². The fourth-order valence-corrected chi connectivity index (χ4v) is 2.78. The van der Waals surface area contributed by atoms with Crippen LogP contribution in [0.4, 0.5) is 0 Å². The third-order valence-corrected chi connectivity index (χ3v) is 3.81. The molecular formula is C14H30N2. The Morgan fingerprint density at radius 1 is 1.12 bits per heavy atom. The molecule has 2 nitrogen and oxygen atoms in total. The smallest absolute Gasteiger partial charge is 0.0110 e. The molecular weight excluding hydrogens is 196 g/mol. The minimum atomic E-state index is 0.792. The largest absolute Gasteiger partial charge is 0.314 e. The van der Waals surface area contributed by atoms with Crippen molar-refractivity contribution in [3.63, 3.8) is 0 Å². The molecule has 0 aliphatic heterocycles. The van der Waals surface area contributed by atoms with E-state index in [0.29, 0.717) is 0 Å². The maximum atomic E-state index is 3.67. The summed E-state index contributed by atoms with van der Waals surface area (Å²) < 4.78 is 0. The normalized spacial score (nSPS) is 25.5. The van der Waals surface area contributed by atoms with Crippen molar-refractivity contribution < 1.29 is 0 Å². The van der Waals surface area contributed by atoms with E-state index in [1.165, 1.54) is 58.2 Å². The Morgan fingerprint density at radius 2 is 1.94 bits per heavy atom. The minimum absolute atomic E-state index is 0.792. The summed E-state index contributed by atoms with van der Waals surface area (Å²) in [5, 5.41) is 3.67. The van der Waals surface area contributed by atoms with Crippen molar-refractivity contribution in [1.82, 2.24) is 10.2 Å². The van der Waals surface area contributed by atoms with Gasteiger partial charge in [-0.1, -0.05) is 27.2 Å². The summed E-state index contributed by atoms with van der Waals surface area (Å²) in [5.74, 6) is 0. The van der Waals surface area contributed by atoms with E-state index in [0.717, 1.165) is 12.1 Å². The van der Waals surface area contributed by atoms with E-state index in [1.54, 1.807) is 0 Å². The van der Waals surface area contributed by atoms with Crippen molar-refractivity contribution in [3.05, 3.63) is 0 Å². The van der Waals surface area contributed by atoms with Gasteiger partial charge in [-0.15, -0.1) is 0 Å².